The number of fused-ring (bicyclic) bond motifs is 1. The number of carbonyl (C=O) groups excluding carboxylic acids is 1. The molecule has 0 radical (unpaired) electrons. The molecule has 27 heavy (non-hydrogen) atoms. The van der Waals surface area contributed by atoms with Crippen molar-refractivity contribution >= 4 is 23.2 Å². The molecular formula is C22H22ClN3O. The summed E-state index contributed by atoms with van der Waals surface area (Å²) in [5.41, 5.74) is 4.62. The third-order valence-electron chi connectivity index (χ3n) is 4.81. The van der Waals surface area contributed by atoms with Gasteiger partial charge in [-0.25, -0.2) is 0 Å². The number of hydrogen-bond acceptors (Lipinski definition) is 3. The summed E-state index contributed by atoms with van der Waals surface area (Å²) in [6.45, 7) is 1.93. The molecule has 2 aromatic carbocycles. The number of benzene rings is 2. The Labute approximate surface area is 164 Å². The fourth-order valence-electron chi connectivity index (χ4n) is 3.23. The van der Waals surface area contributed by atoms with E-state index in [-0.39, 0.29) is 11.6 Å². The average Bonchev–Trinajstić information content (AvgIpc) is 2.69. The van der Waals surface area contributed by atoms with E-state index in [0.717, 1.165) is 24.1 Å². The highest BCUT2D eigenvalue weighted by Gasteiger charge is 2.16. The molecule has 1 aliphatic rings. The van der Waals surface area contributed by atoms with Crippen LogP contribution < -0.4 is 10.6 Å². The first-order chi connectivity index (χ1) is 13.1. The van der Waals surface area contributed by atoms with E-state index >= 15 is 0 Å². The fraction of sp³-hybridized carbons (Fsp3) is 0.273. The molecule has 0 saturated heterocycles. The molecule has 0 saturated carbocycles. The second kappa shape index (κ2) is 8.75. The first-order valence-corrected chi connectivity index (χ1v) is 9.49. The van der Waals surface area contributed by atoms with Crippen LogP contribution in [0.5, 0.6) is 0 Å². The summed E-state index contributed by atoms with van der Waals surface area (Å²) in [5, 5.41) is 15.8. The van der Waals surface area contributed by atoms with Crippen LogP contribution in [0.2, 0.25) is 5.02 Å². The van der Waals surface area contributed by atoms with Crippen LogP contribution in [-0.4, -0.2) is 5.91 Å². The molecule has 0 aliphatic heterocycles. The third kappa shape index (κ3) is 4.90. The van der Waals surface area contributed by atoms with Crippen molar-refractivity contribution in [3.63, 3.8) is 0 Å². The summed E-state index contributed by atoms with van der Waals surface area (Å²) in [7, 11) is 0. The maximum Gasteiger partial charge on any atom is 0.263 e. The second-order valence-electron chi connectivity index (χ2n) is 6.75. The monoisotopic (exact) mass is 379 g/mol. The number of nitrogens with one attached hydrogen (secondary N) is 2. The lowest BCUT2D eigenvalue weighted by Gasteiger charge is -2.20. The van der Waals surface area contributed by atoms with Crippen LogP contribution >= 0.6 is 11.6 Å². The van der Waals surface area contributed by atoms with E-state index in [1.54, 1.807) is 24.3 Å². The van der Waals surface area contributed by atoms with Gasteiger partial charge in [0.2, 0.25) is 0 Å². The lowest BCUT2D eigenvalue weighted by molar-refractivity contribution is -0.117. The Morgan fingerprint density at radius 2 is 1.85 bits per heavy atom. The van der Waals surface area contributed by atoms with Crippen LogP contribution in [0.25, 0.3) is 0 Å². The van der Waals surface area contributed by atoms with Crippen LogP contribution in [0, 0.1) is 11.3 Å². The Balaban J connectivity index is 1.66. The van der Waals surface area contributed by atoms with Crippen molar-refractivity contribution in [2.45, 2.75) is 38.6 Å². The molecule has 0 aromatic heterocycles. The van der Waals surface area contributed by atoms with Crippen molar-refractivity contribution < 1.29 is 4.79 Å². The standard InChI is InChI=1S/C22H22ClN3O/c1-15(17-7-6-16-4-2-3-5-18(16)12-17)26-22(27)19(13-24)14-25-21-10-8-20(23)9-11-21/h6-12,14-15,25H,2-5H2,1H3,(H,26,27)/b19-14-. The van der Waals surface area contributed by atoms with Crippen molar-refractivity contribution in [1.82, 2.24) is 5.32 Å². The highest BCUT2D eigenvalue weighted by molar-refractivity contribution is 6.30. The summed E-state index contributed by atoms with van der Waals surface area (Å²) in [6.07, 6.45) is 6.11. The highest BCUT2D eigenvalue weighted by atomic mass is 35.5. The number of anilines is 1. The third-order valence-corrected chi connectivity index (χ3v) is 5.06. The molecule has 0 bridgehead atoms. The van der Waals surface area contributed by atoms with E-state index in [0.29, 0.717) is 5.02 Å². The van der Waals surface area contributed by atoms with E-state index in [4.69, 9.17) is 11.6 Å². The van der Waals surface area contributed by atoms with Gasteiger partial charge in [-0.15, -0.1) is 0 Å². The van der Waals surface area contributed by atoms with Crippen molar-refractivity contribution in [2.75, 3.05) is 5.32 Å². The number of nitrogens with zero attached hydrogens (tertiary/aromatic N) is 1. The zero-order valence-electron chi connectivity index (χ0n) is 15.3. The summed E-state index contributed by atoms with van der Waals surface area (Å²) >= 11 is 5.85. The number of aryl methyl sites for hydroxylation is 2. The molecule has 0 heterocycles. The SMILES string of the molecule is CC(NC(=O)/C(C#N)=C\Nc1ccc(Cl)cc1)c1ccc2c(c1)CCCC2. The largest absolute Gasteiger partial charge is 0.360 e. The Bertz CT molecular complexity index is 897. The van der Waals surface area contributed by atoms with Gasteiger partial charge < -0.3 is 10.6 Å². The average molecular weight is 380 g/mol. The summed E-state index contributed by atoms with van der Waals surface area (Å²) < 4.78 is 0. The van der Waals surface area contributed by atoms with E-state index in [2.05, 4.69) is 28.8 Å². The van der Waals surface area contributed by atoms with Crippen molar-refractivity contribution in [2.24, 2.45) is 0 Å². The number of hydrogen-bond donors (Lipinski definition) is 2. The van der Waals surface area contributed by atoms with Crippen LogP contribution in [0.3, 0.4) is 0 Å². The maximum absolute atomic E-state index is 12.5. The van der Waals surface area contributed by atoms with Gasteiger partial charge in [0.25, 0.3) is 5.91 Å². The molecule has 0 spiro atoms. The first-order valence-electron chi connectivity index (χ1n) is 9.12. The Kier molecular flexibility index (Phi) is 6.16. The predicted molar refractivity (Wildman–Crippen MR) is 108 cm³/mol. The minimum absolute atomic E-state index is 0.0229. The molecule has 1 unspecified atom stereocenters. The van der Waals surface area contributed by atoms with Crippen LogP contribution in [0.1, 0.15) is 42.5 Å². The molecule has 2 N–H and O–H groups in total. The number of rotatable bonds is 5. The smallest absolute Gasteiger partial charge is 0.263 e. The maximum atomic E-state index is 12.5. The predicted octanol–water partition coefficient (Wildman–Crippen LogP) is 4.92. The molecule has 4 nitrogen and oxygen atoms in total. The molecule has 0 fully saturated rings. The lowest BCUT2D eigenvalue weighted by atomic mass is 9.89. The number of nitriles is 1. The van der Waals surface area contributed by atoms with E-state index in [1.165, 1.54) is 30.2 Å². The molecule has 2 aromatic rings. The van der Waals surface area contributed by atoms with Gasteiger partial charge in [0.1, 0.15) is 11.6 Å². The molecule has 1 aliphatic carbocycles. The van der Waals surface area contributed by atoms with Crippen molar-refractivity contribution in [3.8, 4) is 6.07 Å². The van der Waals surface area contributed by atoms with Gasteiger partial charge in [0.05, 0.1) is 6.04 Å². The minimum Gasteiger partial charge on any atom is -0.360 e. The first kappa shape index (κ1) is 19.0. The molecule has 138 valence electrons. The summed E-state index contributed by atoms with van der Waals surface area (Å²) in [5.74, 6) is -0.399. The van der Waals surface area contributed by atoms with Crippen molar-refractivity contribution in [1.29, 1.82) is 5.26 Å². The van der Waals surface area contributed by atoms with Gasteiger partial charge in [0, 0.05) is 16.9 Å². The molecule has 5 heteroatoms. The van der Waals surface area contributed by atoms with Crippen LogP contribution in [0.15, 0.2) is 54.2 Å². The lowest BCUT2D eigenvalue weighted by Crippen LogP contribution is -2.28. The Hall–Kier alpha value is -2.77. The van der Waals surface area contributed by atoms with E-state index in [9.17, 15) is 10.1 Å². The van der Waals surface area contributed by atoms with Gasteiger partial charge in [0.15, 0.2) is 0 Å². The van der Waals surface area contributed by atoms with E-state index in [1.807, 2.05) is 13.0 Å². The minimum atomic E-state index is -0.399. The van der Waals surface area contributed by atoms with Gasteiger partial charge in [-0.3, -0.25) is 4.79 Å². The number of halogens is 1. The van der Waals surface area contributed by atoms with E-state index < -0.39 is 5.91 Å². The Morgan fingerprint density at radius 1 is 1.15 bits per heavy atom. The Morgan fingerprint density at radius 3 is 2.56 bits per heavy atom. The summed E-state index contributed by atoms with van der Waals surface area (Å²) in [6, 6.07) is 15.2. The zero-order chi connectivity index (χ0) is 19.2. The van der Waals surface area contributed by atoms with Crippen LogP contribution in [0.4, 0.5) is 5.69 Å². The normalized spacial score (nSPS) is 14.6. The molecular weight excluding hydrogens is 358 g/mol. The van der Waals surface area contributed by atoms with Gasteiger partial charge in [-0.2, -0.15) is 5.26 Å². The van der Waals surface area contributed by atoms with Gasteiger partial charge >= 0.3 is 0 Å². The number of amides is 1. The van der Waals surface area contributed by atoms with Crippen molar-refractivity contribution in [3.05, 3.63) is 76.0 Å². The fourth-order valence-corrected chi connectivity index (χ4v) is 3.36. The molecule has 1 amide bonds. The molecule has 3 rings (SSSR count). The second-order valence-corrected chi connectivity index (χ2v) is 7.19. The summed E-state index contributed by atoms with van der Waals surface area (Å²) in [4.78, 5) is 12.5. The quantitative estimate of drug-likeness (QED) is 0.572. The molecule has 1 atom stereocenters. The number of carbonyl (C=O) groups is 1. The van der Waals surface area contributed by atoms with Crippen LogP contribution in [-0.2, 0) is 17.6 Å². The zero-order valence-corrected chi connectivity index (χ0v) is 16.0. The highest BCUT2D eigenvalue weighted by Crippen LogP contribution is 2.25. The van der Waals surface area contributed by atoms with Gasteiger partial charge in [-0.1, -0.05) is 29.8 Å². The van der Waals surface area contributed by atoms with Gasteiger partial charge in [-0.05, 0) is 73.6 Å². The topological polar surface area (TPSA) is 64.9 Å².